The summed E-state index contributed by atoms with van der Waals surface area (Å²) in [5.41, 5.74) is 2.72. The highest BCUT2D eigenvalue weighted by Gasteiger charge is 2.32. The van der Waals surface area contributed by atoms with E-state index in [4.69, 9.17) is 9.47 Å². The molecule has 144 valence electrons. The van der Waals surface area contributed by atoms with Gasteiger partial charge in [-0.25, -0.2) is 0 Å². The van der Waals surface area contributed by atoms with E-state index < -0.39 is 0 Å². The molecule has 2 fully saturated rings. The van der Waals surface area contributed by atoms with Crippen molar-refractivity contribution in [1.29, 1.82) is 0 Å². The van der Waals surface area contributed by atoms with Crippen LogP contribution in [0.4, 0.5) is 0 Å². The van der Waals surface area contributed by atoms with Crippen molar-refractivity contribution in [3.05, 3.63) is 24.3 Å². The van der Waals surface area contributed by atoms with Crippen molar-refractivity contribution in [3.63, 3.8) is 0 Å². The molecule has 1 saturated carbocycles. The van der Waals surface area contributed by atoms with Crippen LogP contribution in [0.1, 0.15) is 32.1 Å². The summed E-state index contributed by atoms with van der Waals surface area (Å²) < 4.78 is 10.0. The van der Waals surface area contributed by atoms with E-state index in [1.54, 1.807) is 14.2 Å². The highest BCUT2D eigenvalue weighted by molar-refractivity contribution is 14.2. The van der Waals surface area contributed by atoms with Gasteiger partial charge >= 0.3 is 0 Å². The van der Waals surface area contributed by atoms with Crippen LogP contribution in [0.3, 0.4) is 0 Å². The zero-order chi connectivity index (χ0) is 18.5. The smallest absolute Gasteiger partial charge is 0.160 e. The Morgan fingerprint density at radius 3 is 2.12 bits per heavy atom. The first-order valence-electron chi connectivity index (χ1n) is 8.74. The van der Waals surface area contributed by atoms with Crippen LogP contribution in [-0.4, -0.2) is 45.8 Å². The van der Waals surface area contributed by atoms with Crippen molar-refractivity contribution in [3.8, 4) is 11.5 Å². The van der Waals surface area contributed by atoms with Crippen molar-refractivity contribution in [2.24, 2.45) is 5.92 Å². The van der Waals surface area contributed by atoms with Gasteiger partial charge in [0.15, 0.2) is 11.5 Å². The Labute approximate surface area is 169 Å². The van der Waals surface area contributed by atoms with Crippen molar-refractivity contribution in [1.82, 2.24) is 15.2 Å². The van der Waals surface area contributed by atoms with E-state index in [0.717, 1.165) is 23.5 Å². The quantitative estimate of drug-likeness (QED) is 0.380. The SMILES string of the molecule is CN1CCC2CCCCC21.CNNSI.COc1ccccc1OC. The summed E-state index contributed by atoms with van der Waals surface area (Å²) in [7, 11) is 8.87. The number of rotatable bonds is 4. The summed E-state index contributed by atoms with van der Waals surface area (Å²) in [6, 6.07) is 8.49. The van der Waals surface area contributed by atoms with Gasteiger partial charge in [-0.15, -0.1) is 0 Å². The lowest BCUT2D eigenvalue weighted by atomic mass is 9.85. The highest BCUT2D eigenvalue weighted by Crippen LogP contribution is 2.34. The number of ether oxygens (including phenoxy) is 2. The number of nitrogens with zero attached hydrogens (tertiary/aromatic N) is 1. The van der Waals surface area contributed by atoms with Crippen LogP contribution in [0.5, 0.6) is 11.5 Å². The Hall–Kier alpha value is -0.220. The molecule has 2 atom stereocenters. The van der Waals surface area contributed by atoms with Gasteiger partial charge in [0.1, 0.15) is 0 Å². The standard InChI is InChI=1S/C9H17N.C8H10O2.CH5IN2S/c1-10-7-6-8-4-2-3-5-9(8)10;1-9-7-5-3-4-6-8(7)10-2;1-3-4-5-2/h8-9H,2-7H2,1H3;3-6H,1-2H3;3-4H,1H3. The molecule has 1 saturated heterocycles. The summed E-state index contributed by atoms with van der Waals surface area (Å²) in [5.74, 6) is 2.61. The number of para-hydroxylation sites is 2. The van der Waals surface area contributed by atoms with Gasteiger partial charge in [-0.3, -0.25) is 5.43 Å². The molecule has 1 aliphatic carbocycles. The zero-order valence-corrected chi connectivity index (χ0v) is 18.7. The predicted octanol–water partition coefficient (Wildman–Crippen LogP) is 4.29. The molecule has 25 heavy (non-hydrogen) atoms. The first kappa shape index (κ1) is 22.8. The van der Waals surface area contributed by atoms with E-state index >= 15 is 0 Å². The van der Waals surface area contributed by atoms with Gasteiger partial charge in [0.25, 0.3) is 0 Å². The third kappa shape index (κ3) is 8.34. The minimum Gasteiger partial charge on any atom is -0.493 e. The second-order valence-electron chi connectivity index (χ2n) is 6.17. The predicted molar refractivity (Wildman–Crippen MR) is 116 cm³/mol. The molecule has 1 heterocycles. The summed E-state index contributed by atoms with van der Waals surface area (Å²) in [6.45, 7) is 1.36. The summed E-state index contributed by atoms with van der Waals surface area (Å²) in [6.07, 6.45) is 7.43. The molecule has 7 heteroatoms. The van der Waals surface area contributed by atoms with Crippen LogP contribution in [0.15, 0.2) is 24.3 Å². The maximum absolute atomic E-state index is 5.01. The largest absolute Gasteiger partial charge is 0.493 e. The lowest BCUT2D eigenvalue weighted by Gasteiger charge is -2.28. The molecule has 5 nitrogen and oxygen atoms in total. The zero-order valence-electron chi connectivity index (χ0n) is 15.8. The molecule has 1 aromatic rings. The monoisotopic (exact) mass is 481 g/mol. The first-order chi connectivity index (χ1) is 12.2. The van der Waals surface area contributed by atoms with E-state index in [2.05, 4.69) is 43.4 Å². The van der Waals surface area contributed by atoms with Gasteiger partial charge in [-0.2, -0.15) is 4.83 Å². The van der Waals surface area contributed by atoms with E-state index in [1.807, 2.05) is 31.3 Å². The lowest BCUT2D eigenvalue weighted by Crippen LogP contribution is -2.31. The Balaban J connectivity index is 0.000000200. The van der Waals surface area contributed by atoms with Gasteiger partial charge in [-0.1, -0.05) is 25.0 Å². The molecule has 1 aliphatic heterocycles. The van der Waals surface area contributed by atoms with Crippen LogP contribution in [0, 0.1) is 5.92 Å². The average molecular weight is 481 g/mol. The van der Waals surface area contributed by atoms with Gasteiger partial charge in [0.05, 0.1) is 14.2 Å². The molecule has 0 bridgehead atoms. The molecular weight excluding hydrogens is 449 g/mol. The van der Waals surface area contributed by atoms with E-state index in [-0.39, 0.29) is 0 Å². The van der Waals surface area contributed by atoms with Crippen LogP contribution in [-0.2, 0) is 0 Å². The van der Waals surface area contributed by atoms with Crippen molar-refractivity contribution in [2.45, 2.75) is 38.1 Å². The van der Waals surface area contributed by atoms with E-state index in [9.17, 15) is 0 Å². The lowest BCUT2D eigenvalue weighted by molar-refractivity contribution is 0.215. The molecule has 3 rings (SSSR count). The van der Waals surface area contributed by atoms with Crippen LogP contribution < -0.4 is 19.7 Å². The first-order valence-corrected chi connectivity index (χ1v) is 12.1. The molecule has 2 aliphatic rings. The third-order valence-electron chi connectivity index (χ3n) is 4.72. The minimum absolute atomic E-state index is 0.769. The molecule has 2 N–H and O–H groups in total. The maximum atomic E-state index is 5.01. The minimum atomic E-state index is 0.769. The molecule has 2 unspecified atom stereocenters. The molecule has 1 aromatic carbocycles. The van der Waals surface area contributed by atoms with Crippen LogP contribution in [0.25, 0.3) is 0 Å². The van der Waals surface area contributed by atoms with Crippen molar-refractivity contribution in [2.75, 3.05) is 34.9 Å². The number of nitrogens with one attached hydrogen (secondary N) is 2. The molecule has 0 radical (unpaired) electrons. The third-order valence-corrected chi connectivity index (χ3v) is 5.66. The van der Waals surface area contributed by atoms with Crippen molar-refractivity contribution < 1.29 is 9.47 Å². The number of hydrogen-bond donors (Lipinski definition) is 2. The second-order valence-corrected chi connectivity index (χ2v) is 7.84. The fraction of sp³-hybridized carbons (Fsp3) is 0.667. The van der Waals surface area contributed by atoms with Gasteiger partial charge in [-0.05, 0) is 58.0 Å². The topological polar surface area (TPSA) is 45.8 Å². The second kappa shape index (κ2) is 13.9. The Morgan fingerprint density at radius 1 is 1.08 bits per heavy atom. The normalized spacial score (nSPS) is 22.0. The molecular formula is C18H32IN3O2S. The number of benzene rings is 1. The van der Waals surface area contributed by atoms with Crippen molar-refractivity contribution >= 4 is 30.3 Å². The fourth-order valence-electron chi connectivity index (χ4n) is 3.47. The Bertz CT molecular complexity index is 441. The Morgan fingerprint density at radius 2 is 1.68 bits per heavy atom. The van der Waals surface area contributed by atoms with E-state index in [0.29, 0.717) is 0 Å². The highest BCUT2D eigenvalue weighted by atomic mass is 127. The summed E-state index contributed by atoms with van der Waals surface area (Å²) >= 11 is 2.13. The molecule has 0 aromatic heterocycles. The average Bonchev–Trinajstić information content (AvgIpc) is 3.05. The number of hydrogen-bond acceptors (Lipinski definition) is 6. The van der Waals surface area contributed by atoms with Gasteiger partial charge in [0.2, 0.25) is 0 Å². The summed E-state index contributed by atoms with van der Waals surface area (Å²) in [5, 5.41) is 0. The number of methoxy groups -OCH3 is 2. The van der Waals surface area contributed by atoms with E-state index in [1.165, 1.54) is 47.8 Å². The number of likely N-dealkylation sites (tertiary alicyclic amines) is 1. The summed E-state index contributed by atoms with van der Waals surface area (Å²) in [4.78, 5) is 5.32. The number of fused-ring (bicyclic) bond motifs is 1. The van der Waals surface area contributed by atoms with Crippen LogP contribution >= 0.6 is 30.3 Å². The molecule has 0 spiro atoms. The van der Waals surface area contributed by atoms with Gasteiger partial charge < -0.3 is 14.4 Å². The Kier molecular flexibility index (Phi) is 12.7. The fourth-order valence-corrected chi connectivity index (χ4v) is 4.20. The van der Waals surface area contributed by atoms with Crippen LogP contribution in [0.2, 0.25) is 0 Å². The maximum Gasteiger partial charge on any atom is 0.160 e. The van der Waals surface area contributed by atoms with Gasteiger partial charge in [0, 0.05) is 36.4 Å². The number of halogens is 1. The molecule has 0 amide bonds. The number of hydrazine groups is 1.